The van der Waals surface area contributed by atoms with E-state index in [2.05, 4.69) is 4.99 Å². The van der Waals surface area contributed by atoms with Gasteiger partial charge in [0.1, 0.15) is 0 Å². The summed E-state index contributed by atoms with van der Waals surface area (Å²) in [6, 6.07) is 0. The molecule has 5 N–H and O–H groups in total. The molecule has 12 heavy (non-hydrogen) atoms. The molecule has 0 unspecified atom stereocenters. The smallest absolute Gasteiger partial charge is 0.215 e. The summed E-state index contributed by atoms with van der Waals surface area (Å²) in [6.45, 7) is 1.87. The van der Waals surface area contributed by atoms with E-state index in [1.807, 2.05) is 4.90 Å². The predicted molar refractivity (Wildman–Crippen MR) is 51.6 cm³/mol. The zero-order chi connectivity index (χ0) is 8.27. The molecule has 0 spiro atoms. The van der Waals surface area contributed by atoms with E-state index in [9.17, 15) is 0 Å². The van der Waals surface area contributed by atoms with Crippen molar-refractivity contribution >= 4 is 24.3 Å². The van der Waals surface area contributed by atoms with Crippen LogP contribution in [0.15, 0.2) is 4.99 Å². The van der Waals surface area contributed by atoms with Gasteiger partial charge in [-0.05, 0) is 12.8 Å². The van der Waals surface area contributed by atoms with Gasteiger partial charge in [0.2, 0.25) is 5.96 Å². The van der Waals surface area contributed by atoms with Crippen molar-refractivity contribution in [3.8, 4) is 0 Å². The van der Waals surface area contributed by atoms with Crippen LogP contribution >= 0.6 is 12.4 Å². The number of halogens is 1. The Labute approximate surface area is 77.7 Å². The Kier molecular flexibility index (Phi) is 4.43. The second-order valence-electron chi connectivity index (χ2n) is 2.55. The van der Waals surface area contributed by atoms with Crippen LogP contribution in [0.3, 0.4) is 0 Å². The highest BCUT2D eigenvalue weighted by molar-refractivity contribution is 5.91. The van der Waals surface area contributed by atoms with Gasteiger partial charge in [0.05, 0.1) is 0 Å². The van der Waals surface area contributed by atoms with Gasteiger partial charge in [0.15, 0.2) is 5.96 Å². The molecule has 0 aromatic heterocycles. The van der Waals surface area contributed by atoms with Crippen molar-refractivity contribution in [1.29, 1.82) is 5.41 Å². The molecular weight excluding hydrogens is 178 g/mol. The second kappa shape index (κ2) is 4.82. The monoisotopic (exact) mass is 191 g/mol. The number of rotatable bonds is 0. The summed E-state index contributed by atoms with van der Waals surface area (Å²) < 4.78 is 0. The van der Waals surface area contributed by atoms with Crippen molar-refractivity contribution in [3.63, 3.8) is 0 Å². The number of likely N-dealkylation sites (tertiary alicyclic amines) is 1. The maximum absolute atomic E-state index is 6.87. The minimum atomic E-state index is -0.227. The first-order valence-electron chi connectivity index (χ1n) is 3.63. The predicted octanol–water partition coefficient (Wildman–Crippen LogP) is -0.288. The normalized spacial score (nSPS) is 17.3. The molecule has 0 bridgehead atoms. The van der Waals surface area contributed by atoms with Crippen molar-refractivity contribution in [3.05, 3.63) is 0 Å². The second-order valence-corrected chi connectivity index (χ2v) is 2.55. The highest BCUT2D eigenvalue weighted by atomic mass is 35.5. The molecule has 1 saturated heterocycles. The molecule has 1 fully saturated rings. The molecular formula is C6H14ClN5. The molecule has 0 aliphatic carbocycles. The molecule has 1 aliphatic rings. The van der Waals surface area contributed by atoms with E-state index in [1.165, 1.54) is 0 Å². The van der Waals surface area contributed by atoms with Crippen molar-refractivity contribution in [2.75, 3.05) is 13.1 Å². The Morgan fingerprint density at radius 1 is 1.25 bits per heavy atom. The van der Waals surface area contributed by atoms with Crippen LogP contribution in [0, 0.1) is 5.41 Å². The number of nitrogens with one attached hydrogen (secondary N) is 1. The van der Waals surface area contributed by atoms with E-state index in [-0.39, 0.29) is 18.4 Å². The zero-order valence-corrected chi connectivity index (χ0v) is 7.60. The van der Waals surface area contributed by atoms with Crippen LogP contribution in [0.25, 0.3) is 0 Å². The first-order chi connectivity index (χ1) is 5.20. The lowest BCUT2D eigenvalue weighted by Gasteiger charge is -2.14. The lowest BCUT2D eigenvalue weighted by Crippen LogP contribution is -2.36. The van der Waals surface area contributed by atoms with Crippen LogP contribution in [-0.4, -0.2) is 29.9 Å². The number of nitrogens with zero attached hydrogens (tertiary/aromatic N) is 2. The van der Waals surface area contributed by atoms with E-state index < -0.39 is 0 Å². The SMILES string of the molecule is Cl.N=C(N)/N=C(\N)N1CCCC1. The molecule has 0 atom stereocenters. The van der Waals surface area contributed by atoms with Crippen LogP contribution in [0.1, 0.15) is 12.8 Å². The van der Waals surface area contributed by atoms with Gasteiger partial charge in [-0.25, -0.2) is 0 Å². The van der Waals surface area contributed by atoms with Gasteiger partial charge >= 0.3 is 0 Å². The van der Waals surface area contributed by atoms with E-state index in [0.29, 0.717) is 5.96 Å². The highest BCUT2D eigenvalue weighted by Gasteiger charge is 2.13. The molecule has 0 radical (unpaired) electrons. The Morgan fingerprint density at radius 2 is 1.75 bits per heavy atom. The van der Waals surface area contributed by atoms with Crippen LogP contribution in [0.2, 0.25) is 0 Å². The molecule has 0 aromatic rings. The van der Waals surface area contributed by atoms with Crippen LogP contribution in [0.4, 0.5) is 0 Å². The zero-order valence-electron chi connectivity index (χ0n) is 6.79. The summed E-state index contributed by atoms with van der Waals surface area (Å²) in [5, 5.41) is 6.87. The van der Waals surface area contributed by atoms with Gasteiger partial charge < -0.3 is 16.4 Å². The minimum Gasteiger partial charge on any atom is -0.369 e. The minimum absolute atomic E-state index is 0. The van der Waals surface area contributed by atoms with Crippen LogP contribution in [-0.2, 0) is 0 Å². The fourth-order valence-corrected chi connectivity index (χ4v) is 1.14. The number of nitrogens with two attached hydrogens (primary N) is 2. The Hall–Kier alpha value is -0.970. The summed E-state index contributed by atoms with van der Waals surface area (Å²) in [5.74, 6) is 0.143. The van der Waals surface area contributed by atoms with Crippen molar-refractivity contribution in [2.24, 2.45) is 16.5 Å². The third kappa shape index (κ3) is 2.96. The topological polar surface area (TPSA) is 91.5 Å². The summed E-state index contributed by atoms with van der Waals surface area (Å²) >= 11 is 0. The fourth-order valence-electron chi connectivity index (χ4n) is 1.14. The third-order valence-electron chi connectivity index (χ3n) is 1.67. The Bertz CT molecular complexity index is 184. The first-order valence-corrected chi connectivity index (χ1v) is 3.63. The molecule has 1 rings (SSSR count). The third-order valence-corrected chi connectivity index (χ3v) is 1.67. The number of hydrogen-bond acceptors (Lipinski definition) is 1. The number of aliphatic imine (C=N–C) groups is 1. The van der Waals surface area contributed by atoms with Crippen LogP contribution < -0.4 is 11.5 Å². The van der Waals surface area contributed by atoms with Crippen LogP contribution in [0.5, 0.6) is 0 Å². The van der Waals surface area contributed by atoms with Crippen molar-refractivity contribution in [2.45, 2.75) is 12.8 Å². The van der Waals surface area contributed by atoms with Gasteiger partial charge in [-0.1, -0.05) is 0 Å². The van der Waals surface area contributed by atoms with E-state index in [4.69, 9.17) is 16.9 Å². The summed E-state index contributed by atoms with van der Waals surface area (Å²) in [7, 11) is 0. The van der Waals surface area contributed by atoms with Gasteiger partial charge in [0.25, 0.3) is 0 Å². The van der Waals surface area contributed by atoms with Gasteiger partial charge in [0, 0.05) is 13.1 Å². The van der Waals surface area contributed by atoms with Gasteiger partial charge in [-0.15, -0.1) is 12.4 Å². The summed E-state index contributed by atoms with van der Waals surface area (Å²) in [4.78, 5) is 5.57. The maximum atomic E-state index is 6.87. The molecule has 6 heteroatoms. The maximum Gasteiger partial charge on any atom is 0.215 e. The average molecular weight is 192 g/mol. The first kappa shape index (κ1) is 11.0. The molecule has 1 aliphatic heterocycles. The quantitative estimate of drug-likeness (QED) is 0.363. The average Bonchev–Trinajstić information content (AvgIpc) is 2.35. The van der Waals surface area contributed by atoms with E-state index in [0.717, 1.165) is 25.9 Å². The molecule has 1 heterocycles. The van der Waals surface area contributed by atoms with E-state index >= 15 is 0 Å². The highest BCUT2D eigenvalue weighted by Crippen LogP contribution is 2.05. The summed E-state index contributed by atoms with van der Waals surface area (Å²) in [5.41, 5.74) is 10.6. The lowest BCUT2D eigenvalue weighted by molar-refractivity contribution is 0.514. The van der Waals surface area contributed by atoms with Gasteiger partial charge in [-0.2, -0.15) is 4.99 Å². The van der Waals surface area contributed by atoms with E-state index in [1.54, 1.807) is 0 Å². The van der Waals surface area contributed by atoms with Gasteiger partial charge in [-0.3, -0.25) is 5.41 Å². The number of guanidine groups is 2. The molecule has 0 aromatic carbocycles. The van der Waals surface area contributed by atoms with Crippen molar-refractivity contribution in [1.82, 2.24) is 4.90 Å². The molecule has 5 nitrogen and oxygen atoms in total. The Balaban J connectivity index is 0.00000121. The standard InChI is InChI=1S/C6H13N5.ClH/c7-5(8)10-6(9)11-3-1-2-4-11;/h1-4H2,(H5,7,8,9,10);1H. The largest absolute Gasteiger partial charge is 0.369 e. The molecule has 0 amide bonds. The molecule has 0 saturated carbocycles. The molecule has 70 valence electrons. The Morgan fingerprint density at radius 3 is 2.17 bits per heavy atom. The summed E-state index contributed by atoms with van der Waals surface area (Å²) in [6.07, 6.45) is 2.29. The number of hydrogen-bond donors (Lipinski definition) is 3. The fraction of sp³-hybridized carbons (Fsp3) is 0.667. The van der Waals surface area contributed by atoms with Crippen molar-refractivity contribution < 1.29 is 0 Å². The lowest BCUT2D eigenvalue weighted by atomic mass is 10.4.